The predicted molar refractivity (Wildman–Crippen MR) is 78.5 cm³/mol. The van der Waals surface area contributed by atoms with Crippen LogP contribution < -0.4 is 10.1 Å². The molecule has 2 aromatic rings. The Hall–Kier alpha value is -2.10. The first-order chi connectivity index (χ1) is 9.69. The second-order valence-corrected chi connectivity index (χ2v) is 4.66. The topological polar surface area (TPSA) is 34.2 Å². The minimum absolute atomic E-state index is 0.256. The van der Waals surface area contributed by atoms with Gasteiger partial charge < -0.3 is 10.1 Å². The Kier molecular flexibility index (Phi) is 4.93. The van der Waals surface area contributed by atoms with Gasteiger partial charge in [0.15, 0.2) is 0 Å². The standard InChI is InChI=1S/C16H19FN2O/c1-3-7-18-13-6-8-19-14(9-13)11-20-15-5-4-12(2)16(17)10-15/h4-6,8-10H,3,7,11H2,1-2H3,(H,18,19). The number of hydrogen-bond donors (Lipinski definition) is 1. The van der Waals surface area contributed by atoms with E-state index in [0.29, 0.717) is 17.9 Å². The van der Waals surface area contributed by atoms with E-state index in [1.165, 1.54) is 6.07 Å². The van der Waals surface area contributed by atoms with Crippen LogP contribution in [0.3, 0.4) is 0 Å². The lowest BCUT2D eigenvalue weighted by molar-refractivity contribution is 0.299. The fourth-order valence-corrected chi connectivity index (χ4v) is 1.76. The molecule has 2 rings (SSSR count). The molecule has 1 aromatic heterocycles. The summed E-state index contributed by atoms with van der Waals surface area (Å²) in [6.45, 7) is 5.09. The summed E-state index contributed by atoms with van der Waals surface area (Å²) in [5.41, 5.74) is 2.45. The Balaban J connectivity index is 1.97. The number of halogens is 1. The number of rotatable bonds is 6. The zero-order valence-corrected chi connectivity index (χ0v) is 11.8. The van der Waals surface area contributed by atoms with Gasteiger partial charge in [-0.05, 0) is 37.1 Å². The SMILES string of the molecule is CCCNc1ccnc(COc2ccc(C)c(F)c2)c1. The monoisotopic (exact) mass is 274 g/mol. The number of pyridine rings is 1. The Morgan fingerprint density at radius 1 is 1.25 bits per heavy atom. The third kappa shape index (κ3) is 3.95. The maximum Gasteiger partial charge on any atom is 0.130 e. The average Bonchev–Trinajstić information content (AvgIpc) is 2.47. The lowest BCUT2D eigenvalue weighted by Gasteiger charge is -2.09. The number of aromatic nitrogens is 1. The quantitative estimate of drug-likeness (QED) is 0.866. The van der Waals surface area contributed by atoms with E-state index in [1.54, 1.807) is 25.3 Å². The minimum Gasteiger partial charge on any atom is -0.487 e. The first kappa shape index (κ1) is 14.3. The Morgan fingerprint density at radius 3 is 2.85 bits per heavy atom. The molecule has 1 aromatic carbocycles. The molecule has 4 heteroatoms. The van der Waals surface area contributed by atoms with Crippen molar-refractivity contribution in [3.63, 3.8) is 0 Å². The summed E-state index contributed by atoms with van der Waals surface area (Å²) in [6, 6.07) is 8.73. The molecule has 3 nitrogen and oxygen atoms in total. The molecular weight excluding hydrogens is 255 g/mol. The van der Waals surface area contributed by atoms with Crippen molar-refractivity contribution >= 4 is 5.69 Å². The second-order valence-electron chi connectivity index (χ2n) is 4.66. The third-order valence-electron chi connectivity index (χ3n) is 2.93. The molecule has 0 saturated heterocycles. The van der Waals surface area contributed by atoms with Gasteiger partial charge in [-0.15, -0.1) is 0 Å². The van der Waals surface area contributed by atoms with Gasteiger partial charge in [0, 0.05) is 24.5 Å². The van der Waals surface area contributed by atoms with Gasteiger partial charge in [0.05, 0.1) is 5.69 Å². The van der Waals surface area contributed by atoms with E-state index in [9.17, 15) is 4.39 Å². The molecular formula is C16H19FN2O. The maximum atomic E-state index is 13.4. The van der Waals surface area contributed by atoms with Gasteiger partial charge >= 0.3 is 0 Å². The summed E-state index contributed by atoms with van der Waals surface area (Å²) in [7, 11) is 0. The summed E-state index contributed by atoms with van der Waals surface area (Å²) in [5.74, 6) is 0.260. The van der Waals surface area contributed by atoms with Crippen LogP contribution in [0.1, 0.15) is 24.6 Å². The summed E-state index contributed by atoms with van der Waals surface area (Å²) < 4.78 is 19.0. The van der Waals surface area contributed by atoms with E-state index in [4.69, 9.17) is 4.74 Å². The van der Waals surface area contributed by atoms with Crippen LogP contribution in [0.15, 0.2) is 36.5 Å². The molecule has 0 radical (unpaired) electrons. The molecule has 0 aliphatic carbocycles. The first-order valence-corrected chi connectivity index (χ1v) is 6.77. The number of ether oxygens (including phenoxy) is 1. The fourth-order valence-electron chi connectivity index (χ4n) is 1.76. The van der Waals surface area contributed by atoms with Crippen LogP contribution in [-0.4, -0.2) is 11.5 Å². The van der Waals surface area contributed by atoms with Crippen LogP contribution in [0.25, 0.3) is 0 Å². The number of hydrogen-bond acceptors (Lipinski definition) is 3. The maximum absolute atomic E-state index is 13.4. The van der Waals surface area contributed by atoms with Crippen LogP contribution in [0.4, 0.5) is 10.1 Å². The molecule has 0 aliphatic rings. The van der Waals surface area contributed by atoms with Crippen LogP contribution in [0.2, 0.25) is 0 Å². The Morgan fingerprint density at radius 2 is 2.10 bits per heavy atom. The smallest absolute Gasteiger partial charge is 0.130 e. The van der Waals surface area contributed by atoms with Gasteiger partial charge in [-0.25, -0.2) is 4.39 Å². The van der Waals surface area contributed by atoms with Crippen molar-refractivity contribution in [1.82, 2.24) is 4.98 Å². The largest absolute Gasteiger partial charge is 0.487 e. The van der Waals surface area contributed by atoms with Crippen molar-refractivity contribution in [3.05, 3.63) is 53.6 Å². The van der Waals surface area contributed by atoms with Crippen LogP contribution in [0, 0.1) is 12.7 Å². The molecule has 1 N–H and O–H groups in total. The van der Waals surface area contributed by atoms with Crippen molar-refractivity contribution < 1.29 is 9.13 Å². The van der Waals surface area contributed by atoms with Crippen LogP contribution in [-0.2, 0) is 6.61 Å². The summed E-state index contributed by atoms with van der Waals surface area (Å²) >= 11 is 0. The average molecular weight is 274 g/mol. The molecule has 0 spiro atoms. The molecule has 0 fully saturated rings. The first-order valence-electron chi connectivity index (χ1n) is 6.77. The molecule has 20 heavy (non-hydrogen) atoms. The molecule has 0 saturated carbocycles. The van der Waals surface area contributed by atoms with Crippen LogP contribution >= 0.6 is 0 Å². The van der Waals surface area contributed by atoms with E-state index in [-0.39, 0.29) is 5.82 Å². The number of aryl methyl sites for hydroxylation is 1. The highest BCUT2D eigenvalue weighted by Gasteiger charge is 2.02. The highest BCUT2D eigenvalue weighted by molar-refractivity contribution is 5.43. The van der Waals surface area contributed by atoms with Gasteiger partial charge in [0.25, 0.3) is 0 Å². The number of anilines is 1. The lowest BCUT2D eigenvalue weighted by Crippen LogP contribution is -2.03. The number of nitrogens with zero attached hydrogens (tertiary/aromatic N) is 1. The highest BCUT2D eigenvalue weighted by Crippen LogP contribution is 2.17. The van der Waals surface area contributed by atoms with Crippen LogP contribution in [0.5, 0.6) is 5.75 Å². The van der Waals surface area contributed by atoms with Gasteiger partial charge in [-0.2, -0.15) is 0 Å². The molecule has 0 aliphatic heterocycles. The van der Waals surface area contributed by atoms with E-state index in [2.05, 4.69) is 17.2 Å². The summed E-state index contributed by atoms with van der Waals surface area (Å²) in [4.78, 5) is 4.24. The summed E-state index contributed by atoms with van der Waals surface area (Å²) in [5, 5.41) is 3.29. The van der Waals surface area contributed by atoms with Gasteiger partial charge in [-0.3, -0.25) is 4.98 Å². The van der Waals surface area contributed by atoms with Crippen molar-refractivity contribution in [3.8, 4) is 5.75 Å². The van der Waals surface area contributed by atoms with Gasteiger partial charge in [0.1, 0.15) is 18.2 Å². The molecule has 0 atom stereocenters. The Labute approximate surface area is 118 Å². The molecule has 1 heterocycles. The van der Waals surface area contributed by atoms with E-state index < -0.39 is 0 Å². The summed E-state index contributed by atoms with van der Waals surface area (Å²) in [6.07, 6.45) is 2.81. The molecule has 0 bridgehead atoms. The third-order valence-corrected chi connectivity index (χ3v) is 2.93. The van der Waals surface area contributed by atoms with Gasteiger partial charge in [0.2, 0.25) is 0 Å². The van der Waals surface area contributed by atoms with E-state index >= 15 is 0 Å². The second kappa shape index (κ2) is 6.89. The van der Waals surface area contributed by atoms with E-state index in [0.717, 1.165) is 24.3 Å². The number of nitrogens with one attached hydrogen (secondary N) is 1. The van der Waals surface area contributed by atoms with Crippen molar-refractivity contribution in [2.75, 3.05) is 11.9 Å². The normalized spacial score (nSPS) is 10.3. The zero-order chi connectivity index (χ0) is 14.4. The lowest BCUT2D eigenvalue weighted by atomic mass is 10.2. The Bertz CT molecular complexity index is 572. The van der Waals surface area contributed by atoms with Gasteiger partial charge in [-0.1, -0.05) is 13.0 Å². The van der Waals surface area contributed by atoms with Crippen molar-refractivity contribution in [2.45, 2.75) is 26.9 Å². The predicted octanol–water partition coefficient (Wildman–Crippen LogP) is 3.93. The zero-order valence-electron chi connectivity index (χ0n) is 11.8. The van der Waals surface area contributed by atoms with Crippen molar-refractivity contribution in [2.24, 2.45) is 0 Å². The van der Waals surface area contributed by atoms with Crippen molar-refractivity contribution in [1.29, 1.82) is 0 Å². The number of benzene rings is 1. The molecule has 0 amide bonds. The fraction of sp³-hybridized carbons (Fsp3) is 0.312. The highest BCUT2D eigenvalue weighted by atomic mass is 19.1. The minimum atomic E-state index is -0.256. The molecule has 106 valence electrons. The van der Waals surface area contributed by atoms with E-state index in [1.807, 2.05) is 12.1 Å². The molecule has 0 unspecified atom stereocenters.